The van der Waals surface area contributed by atoms with Crippen LogP contribution in [0, 0.1) is 16.7 Å². The number of rotatable bonds is 32. The summed E-state index contributed by atoms with van der Waals surface area (Å²) < 4.78 is 44.3. The summed E-state index contributed by atoms with van der Waals surface area (Å²) in [5.74, 6) is -10.3. The van der Waals surface area contributed by atoms with Crippen molar-refractivity contribution >= 4 is 110 Å². The number of benzene rings is 4. The summed E-state index contributed by atoms with van der Waals surface area (Å²) in [4.78, 5) is 173. The molecule has 4 aliphatic rings. The van der Waals surface area contributed by atoms with E-state index in [1.807, 2.05) is 5.70 Å². The van der Waals surface area contributed by atoms with Gasteiger partial charge in [0, 0.05) is 55.0 Å². The summed E-state index contributed by atoms with van der Waals surface area (Å²) in [5.41, 5.74) is 1.19. The van der Waals surface area contributed by atoms with Gasteiger partial charge >= 0.3 is 35.8 Å². The number of nitrogen functional groups attached to an aromatic ring is 1. The van der Waals surface area contributed by atoms with Crippen molar-refractivity contribution in [2.24, 2.45) is 16.7 Å². The largest absolute Gasteiger partial charge is 0.481 e. The number of Topliss-reactive ketones (excluding diaryl/α,β-unsaturated/α-hetero) is 1. The number of oxazole rings is 1. The van der Waals surface area contributed by atoms with Crippen LogP contribution in [-0.2, 0) is 75.1 Å². The van der Waals surface area contributed by atoms with Gasteiger partial charge in [0.25, 0.3) is 22.6 Å². The number of aliphatic carboxylic acids is 1. The number of aliphatic hydroxyl groups is 2. The Morgan fingerprint density at radius 1 is 0.783 bits per heavy atom. The number of carbonyl (C=O) groups excluding carboxylic acids is 9. The Hall–Kier alpha value is -11.0. The summed E-state index contributed by atoms with van der Waals surface area (Å²) in [6.45, 7) is 15.8. The molecule has 608 valence electrons. The molecule has 11 atom stereocenters. The number of amides is 3. The van der Waals surface area contributed by atoms with E-state index in [-0.39, 0.29) is 95.7 Å². The molecule has 2 saturated carbocycles. The predicted octanol–water partition coefficient (Wildman–Crippen LogP) is 7.94. The van der Waals surface area contributed by atoms with Crippen LogP contribution >= 0.6 is 11.8 Å². The Morgan fingerprint density at radius 2 is 1.45 bits per heavy atom. The van der Waals surface area contributed by atoms with E-state index in [1.165, 1.54) is 69.9 Å². The fraction of sp³-hybridized carbons (Fsp3) is 0.420. The fourth-order valence-electron chi connectivity index (χ4n) is 16.1. The molecule has 0 spiro atoms. The van der Waals surface area contributed by atoms with Crippen LogP contribution < -0.4 is 32.6 Å². The molecule has 3 aromatic heterocycles. The van der Waals surface area contributed by atoms with Gasteiger partial charge < -0.3 is 75.2 Å². The first kappa shape index (κ1) is 84.9. The Kier molecular flexibility index (Phi) is 26.1. The molecule has 3 amide bonds. The number of carboxylic acids is 1. The Balaban J connectivity index is 0.766. The molecule has 0 radical (unpaired) electrons. The SMILES string of the molecule is CC(=O)O[C@@]12CO[C@@H]1C[C@H](OC(=O)C/C=C/[Si](C)(C)C[Si](C)(C)CSc1ncc(CNC(=O)CCCNC(=O)c3ccc(NCc4cnc5nc(N)[nH]c(=O)c5n4)cc3)o1)[C@@]1(C)C(=O)[C@H](OC(=O)CCC(=O)O)C3=C(C)C(OC(=O)[C@H](O)[C@@H](NC(=O)c4ccccc4)c4ccccc4)C[C@@](O)([C@@H](OC(=O)c4ccccc4)[C@H]21)C3(C)C. The molecule has 1 saturated heterocycles. The molecular weight excluding hydrogens is 1540 g/mol. The number of esters is 5. The first-order chi connectivity index (χ1) is 54.5. The van der Waals surface area contributed by atoms with Crippen molar-refractivity contribution in [3.05, 3.63) is 195 Å². The van der Waals surface area contributed by atoms with Crippen molar-refractivity contribution in [3.8, 4) is 0 Å². The lowest BCUT2D eigenvalue weighted by Gasteiger charge is -2.67. The molecule has 2 bridgehead atoms. The van der Waals surface area contributed by atoms with Gasteiger partial charge in [-0.05, 0) is 90.9 Å². The number of hydrogen-bond donors (Lipinski definition) is 9. The zero-order chi connectivity index (χ0) is 83.0. The summed E-state index contributed by atoms with van der Waals surface area (Å²) in [5, 5.41) is 49.1. The molecule has 3 aliphatic carbocycles. The summed E-state index contributed by atoms with van der Waals surface area (Å²) >= 11 is 1.46. The van der Waals surface area contributed by atoms with Gasteiger partial charge in [-0.1, -0.05) is 136 Å². The number of thioether (sulfide) groups is 1. The van der Waals surface area contributed by atoms with Crippen LogP contribution in [0.3, 0.4) is 0 Å². The van der Waals surface area contributed by atoms with Crippen LogP contribution in [0.1, 0.15) is 134 Å². The number of aromatic amines is 1. The van der Waals surface area contributed by atoms with Crippen LogP contribution in [0.5, 0.6) is 0 Å². The number of ether oxygens (including phenoxy) is 6. The summed E-state index contributed by atoms with van der Waals surface area (Å²) in [6, 6.07) is 29.1. The molecule has 4 heterocycles. The minimum atomic E-state index is -2.63. The van der Waals surface area contributed by atoms with Gasteiger partial charge in [-0.25, -0.2) is 24.5 Å². The highest BCUT2D eigenvalue weighted by Gasteiger charge is 2.79. The number of aromatic nitrogens is 5. The van der Waals surface area contributed by atoms with Crippen molar-refractivity contribution in [2.45, 2.75) is 184 Å². The monoisotopic (exact) mass is 1630 g/mol. The first-order valence-corrected chi connectivity index (χ1v) is 45.3. The molecule has 7 aromatic rings. The van der Waals surface area contributed by atoms with E-state index in [1.54, 1.807) is 103 Å². The van der Waals surface area contributed by atoms with Gasteiger partial charge in [-0.3, -0.25) is 48.1 Å². The molecule has 115 heavy (non-hydrogen) atoms. The van der Waals surface area contributed by atoms with E-state index in [2.05, 4.69) is 72.4 Å². The quantitative estimate of drug-likeness (QED) is 0.00482. The third kappa shape index (κ3) is 19.3. The molecule has 4 aromatic carbocycles. The number of carbonyl (C=O) groups is 10. The Bertz CT molecular complexity index is 4950. The standard InChI is InChI=1S/C81H94N10O21SSi2/c1-46-55(108-75(104)65(98)63(48-21-13-10-14-22-48)89-72(101)49-23-15-11-16-24-49)38-81(105)69(111-74(103)51-25-17-12-18-26-51)67-79(5,68(99)66(62(46)78(81,3)4)110-61(97)34-33-59(94)95)56(37-57-80(67,43-106-57)112-47(2)92)109-60(96)28-20-36-114(6,7)45-115(8,9)44-113-77-87-42-54(107-77)41-85-58(93)27-19-35-83-71(100)50-29-31-52(32-30-50)84-39-53-40-86-70-64(88-53)73(102)91-76(82)90-70/h10-18,20-26,29-32,36,40,42,55-57,63,65-67,69,84,98,105H,19,27-28,33-35,37-39,41,43-45H2,1-9H3,(H,83,100)(H,85,93)(H,89,101)(H,94,95)(H3,82,86,90,91,102)/b36-20+/t55?,56-,57+,63-,65+,66+,67-,69-,79+,80-,81+/m0/s1. The van der Waals surface area contributed by atoms with Gasteiger partial charge in [-0.2, -0.15) is 4.98 Å². The molecule has 31 nitrogen and oxygen atoms in total. The highest BCUT2D eigenvalue weighted by molar-refractivity contribution is 8.00. The number of carboxylic acid groups (broad SMARTS) is 1. The third-order valence-electron chi connectivity index (χ3n) is 21.6. The first-order valence-electron chi connectivity index (χ1n) is 37.6. The zero-order valence-corrected chi connectivity index (χ0v) is 67.9. The minimum absolute atomic E-state index is 0.0151. The van der Waals surface area contributed by atoms with Gasteiger partial charge in [0.15, 0.2) is 34.8 Å². The molecule has 10 N–H and O–H groups in total. The number of anilines is 2. The summed E-state index contributed by atoms with van der Waals surface area (Å²) in [7, 11) is -4.39. The van der Waals surface area contributed by atoms with Gasteiger partial charge in [-0.15, -0.1) is 0 Å². The van der Waals surface area contributed by atoms with Crippen molar-refractivity contribution in [1.29, 1.82) is 0 Å². The maximum absolute atomic E-state index is 16.8. The Morgan fingerprint density at radius 3 is 2.11 bits per heavy atom. The van der Waals surface area contributed by atoms with E-state index >= 15 is 9.59 Å². The zero-order valence-electron chi connectivity index (χ0n) is 65.1. The van der Waals surface area contributed by atoms with E-state index < -0.39 is 166 Å². The second-order valence-corrected chi connectivity index (χ2v) is 43.3. The van der Waals surface area contributed by atoms with Crippen LogP contribution in [0.15, 0.2) is 165 Å². The number of ketones is 1. The average molecular weight is 1630 g/mol. The van der Waals surface area contributed by atoms with E-state index in [0.29, 0.717) is 39.7 Å². The normalized spacial score (nSPS) is 22.8. The van der Waals surface area contributed by atoms with E-state index in [9.17, 15) is 58.5 Å². The number of aliphatic hydroxyl groups excluding tert-OH is 1. The van der Waals surface area contributed by atoms with Crippen molar-refractivity contribution < 1.29 is 96.1 Å². The second kappa shape index (κ2) is 35.4. The van der Waals surface area contributed by atoms with Crippen molar-refractivity contribution in [1.82, 2.24) is 40.9 Å². The number of nitrogens with zero attached hydrogens (tertiary/aromatic N) is 4. The number of nitrogens with one attached hydrogen (secondary N) is 5. The number of nitrogens with two attached hydrogens (primary N) is 1. The predicted molar refractivity (Wildman–Crippen MR) is 423 cm³/mol. The van der Waals surface area contributed by atoms with E-state index in [0.717, 1.165) is 12.6 Å². The fourth-order valence-corrected chi connectivity index (χ4v) is 30.9. The van der Waals surface area contributed by atoms with Crippen LogP contribution in [-0.4, -0.2) is 182 Å². The Labute approximate surface area is 668 Å². The van der Waals surface area contributed by atoms with Crippen LogP contribution in [0.2, 0.25) is 31.9 Å². The molecule has 3 fully saturated rings. The van der Waals surface area contributed by atoms with E-state index in [4.69, 9.17) is 38.6 Å². The lowest BCUT2D eigenvalue weighted by molar-refractivity contribution is -0.346. The highest BCUT2D eigenvalue weighted by atomic mass is 32.2. The number of fused-ring (bicyclic) bond motifs is 6. The van der Waals surface area contributed by atoms with Crippen molar-refractivity contribution in [3.63, 3.8) is 0 Å². The third-order valence-corrected chi connectivity index (χ3v) is 34.3. The van der Waals surface area contributed by atoms with Crippen LogP contribution in [0.25, 0.3) is 11.2 Å². The maximum Gasteiger partial charge on any atom is 0.338 e. The highest BCUT2D eigenvalue weighted by Crippen LogP contribution is 2.65. The molecule has 1 aliphatic heterocycles. The molecule has 1 unspecified atom stereocenters. The average Bonchev–Trinajstić information content (AvgIpc) is 0.834. The second-order valence-electron chi connectivity index (χ2n) is 31.5. The maximum atomic E-state index is 16.8. The summed E-state index contributed by atoms with van der Waals surface area (Å²) in [6.07, 6.45) is -8.48. The lowest BCUT2D eigenvalue weighted by atomic mass is 9.44. The van der Waals surface area contributed by atoms with Crippen molar-refractivity contribution in [2.75, 3.05) is 29.6 Å². The number of hydrogen-bond acceptors (Lipinski definition) is 27. The molecule has 11 rings (SSSR count). The van der Waals surface area contributed by atoms with Gasteiger partial charge in [0.2, 0.25) is 11.9 Å². The van der Waals surface area contributed by atoms with Gasteiger partial charge in [0.1, 0.15) is 35.8 Å². The smallest absolute Gasteiger partial charge is 0.338 e. The number of H-pyrrole nitrogens is 1. The topological polar surface area (TPSA) is 458 Å². The lowest BCUT2D eigenvalue weighted by Crippen LogP contribution is -2.82. The van der Waals surface area contributed by atoms with Crippen LogP contribution in [0.4, 0.5) is 11.6 Å². The minimum Gasteiger partial charge on any atom is -0.481 e. The molecular formula is C81H94N10O21SSi2. The van der Waals surface area contributed by atoms with Gasteiger partial charge in [0.05, 0.1) is 96.1 Å². The molecule has 34 heteroatoms.